The number of hydrogen-bond donors (Lipinski definition) is 1. The first-order valence-electron chi connectivity index (χ1n) is 4.10. The van der Waals surface area contributed by atoms with Crippen LogP contribution in [0.25, 0.3) is 0 Å². The van der Waals surface area contributed by atoms with Gasteiger partial charge in [-0.1, -0.05) is 0 Å². The predicted molar refractivity (Wildman–Crippen MR) is 47.6 cm³/mol. The molecule has 1 aromatic heterocycles. The van der Waals surface area contributed by atoms with Crippen LogP contribution in [0.2, 0.25) is 0 Å². The summed E-state index contributed by atoms with van der Waals surface area (Å²) < 4.78 is 14.5. The SMILES string of the molecule is OC1(c2ccsn2)COCCOC1. The average Bonchev–Trinajstić information content (AvgIpc) is 2.57. The van der Waals surface area contributed by atoms with E-state index in [2.05, 4.69) is 4.37 Å². The minimum Gasteiger partial charge on any atom is -0.379 e. The second-order valence-corrected chi connectivity index (χ2v) is 3.69. The third-order valence-corrected chi connectivity index (χ3v) is 2.53. The molecule has 0 saturated carbocycles. The van der Waals surface area contributed by atoms with Gasteiger partial charge in [0.1, 0.15) is 0 Å². The van der Waals surface area contributed by atoms with Crippen molar-refractivity contribution < 1.29 is 14.6 Å². The third-order valence-electron chi connectivity index (χ3n) is 1.97. The Balaban J connectivity index is 2.17. The fraction of sp³-hybridized carbons (Fsp3) is 0.625. The van der Waals surface area contributed by atoms with Gasteiger partial charge in [-0.25, -0.2) is 0 Å². The van der Waals surface area contributed by atoms with Crippen LogP contribution in [0.4, 0.5) is 0 Å². The fourth-order valence-electron chi connectivity index (χ4n) is 1.24. The van der Waals surface area contributed by atoms with Crippen molar-refractivity contribution in [3.05, 3.63) is 17.1 Å². The molecule has 1 aliphatic heterocycles. The summed E-state index contributed by atoms with van der Waals surface area (Å²) in [6.45, 7) is 1.59. The van der Waals surface area contributed by atoms with E-state index in [0.717, 1.165) is 0 Å². The Bertz CT molecular complexity index is 254. The van der Waals surface area contributed by atoms with E-state index < -0.39 is 5.60 Å². The molecule has 2 heterocycles. The van der Waals surface area contributed by atoms with Crippen LogP contribution < -0.4 is 0 Å². The molecule has 1 saturated heterocycles. The van der Waals surface area contributed by atoms with Crippen LogP contribution in [-0.2, 0) is 15.1 Å². The highest BCUT2D eigenvalue weighted by atomic mass is 32.1. The van der Waals surface area contributed by atoms with Gasteiger partial charge in [-0.3, -0.25) is 0 Å². The molecule has 0 spiro atoms. The maximum absolute atomic E-state index is 10.1. The lowest BCUT2D eigenvalue weighted by atomic mass is 10.0. The average molecular weight is 201 g/mol. The lowest BCUT2D eigenvalue weighted by Gasteiger charge is -2.22. The first-order chi connectivity index (χ1) is 6.31. The largest absolute Gasteiger partial charge is 0.379 e. The van der Waals surface area contributed by atoms with Gasteiger partial charge >= 0.3 is 0 Å². The zero-order valence-electron chi connectivity index (χ0n) is 7.10. The number of nitrogens with zero attached hydrogens (tertiary/aromatic N) is 1. The minimum atomic E-state index is -1.06. The van der Waals surface area contributed by atoms with E-state index in [1.54, 1.807) is 6.07 Å². The van der Waals surface area contributed by atoms with Crippen molar-refractivity contribution in [2.45, 2.75) is 5.60 Å². The lowest BCUT2D eigenvalue weighted by Crippen LogP contribution is -2.35. The van der Waals surface area contributed by atoms with Gasteiger partial charge in [-0.2, -0.15) is 4.37 Å². The summed E-state index contributed by atoms with van der Waals surface area (Å²) in [6, 6.07) is 1.79. The van der Waals surface area contributed by atoms with Crippen LogP contribution >= 0.6 is 11.5 Å². The van der Waals surface area contributed by atoms with Crippen molar-refractivity contribution in [2.75, 3.05) is 26.4 Å². The highest BCUT2D eigenvalue weighted by Crippen LogP contribution is 2.22. The summed E-state index contributed by atoms with van der Waals surface area (Å²) in [4.78, 5) is 0. The molecule has 0 aromatic carbocycles. The number of aromatic nitrogens is 1. The number of hydrogen-bond acceptors (Lipinski definition) is 5. The van der Waals surface area contributed by atoms with Crippen LogP contribution in [0.3, 0.4) is 0 Å². The maximum atomic E-state index is 10.1. The monoisotopic (exact) mass is 201 g/mol. The van der Waals surface area contributed by atoms with Crippen molar-refractivity contribution in [3.8, 4) is 0 Å². The van der Waals surface area contributed by atoms with Gasteiger partial charge < -0.3 is 14.6 Å². The van der Waals surface area contributed by atoms with Crippen molar-refractivity contribution in [1.29, 1.82) is 0 Å². The second kappa shape index (κ2) is 3.71. The van der Waals surface area contributed by atoms with Gasteiger partial charge in [-0.05, 0) is 17.6 Å². The van der Waals surface area contributed by atoms with Gasteiger partial charge in [0.25, 0.3) is 0 Å². The van der Waals surface area contributed by atoms with Crippen molar-refractivity contribution in [2.24, 2.45) is 0 Å². The first kappa shape index (κ1) is 9.08. The molecule has 1 aliphatic rings. The molecule has 0 bridgehead atoms. The standard InChI is InChI=1S/C8H11NO3S/c10-8(7-1-4-13-9-7)5-11-2-3-12-6-8/h1,4,10H,2-3,5-6H2. The molecule has 5 heteroatoms. The Labute approximate surface area is 80.3 Å². The van der Waals surface area contributed by atoms with E-state index in [0.29, 0.717) is 18.9 Å². The van der Waals surface area contributed by atoms with Gasteiger partial charge in [0, 0.05) is 5.38 Å². The minimum absolute atomic E-state index is 0.261. The molecule has 1 N–H and O–H groups in total. The smallest absolute Gasteiger partial charge is 0.154 e. The highest BCUT2D eigenvalue weighted by Gasteiger charge is 2.33. The first-order valence-corrected chi connectivity index (χ1v) is 4.94. The van der Waals surface area contributed by atoms with Crippen LogP contribution in [0, 0.1) is 0 Å². The Morgan fingerprint density at radius 1 is 1.38 bits per heavy atom. The lowest BCUT2D eigenvalue weighted by molar-refractivity contribution is -0.0623. The molecule has 1 fully saturated rings. The van der Waals surface area contributed by atoms with Gasteiger partial charge in [0.2, 0.25) is 0 Å². The number of ether oxygens (including phenoxy) is 2. The van der Waals surface area contributed by atoms with Crippen LogP contribution in [-0.4, -0.2) is 35.9 Å². The molecule has 1 aromatic rings. The molecule has 4 nitrogen and oxygen atoms in total. The zero-order valence-corrected chi connectivity index (χ0v) is 7.92. The van der Waals surface area contributed by atoms with E-state index in [9.17, 15) is 5.11 Å². The molecule has 0 radical (unpaired) electrons. The number of rotatable bonds is 1. The van der Waals surface area contributed by atoms with Crippen LogP contribution in [0.1, 0.15) is 5.69 Å². The molecule has 2 rings (SSSR count). The van der Waals surface area contributed by atoms with E-state index in [4.69, 9.17) is 9.47 Å². The molecule has 0 atom stereocenters. The Hall–Kier alpha value is -0.490. The molecule has 13 heavy (non-hydrogen) atoms. The second-order valence-electron chi connectivity index (χ2n) is 3.02. The van der Waals surface area contributed by atoms with Crippen molar-refractivity contribution in [3.63, 3.8) is 0 Å². The Kier molecular flexibility index (Phi) is 2.59. The zero-order chi connectivity index (χ0) is 9.15. The van der Waals surface area contributed by atoms with Crippen molar-refractivity contribution in [1.82, 2.24) is 4.37 Å². The highest BCUT2D eigenvalue weighted by molar-refractivity contribution is 7.03. The topological polar surface area (TPSA) is 51.6 Å². The summed E-state index contributed by atoms with van der Waals surface area (Å²) >= 11 is 1.32. The summed E-state index contributed by atoms with van der Waals surface area (Å²) in [7, 11) is 0. The molecule has 0 amide bonds. The summed E-state index contributed by atoms with van der Waals surface area (Å²) in [5.41, 5.74) is -0.421. The van der Waals surface area contributed by atoms with E-state index in [-0.39, 0.29) is 13.2 Å². The fourth-order valence-corrected chi connectivity index (χ4v) is 1.84. The van der Waals surface area contributed by atoms with Crippen molar-refractivity contribution >= 4 is 11.5 Å². The molecule has 72 valence electrons. The third kappa shape index (κ3) is 1.88. The molecule has 0 unspecified atom stereocenters. The molecule has 0 aliphatic carbocycles. The van der Waals surface area contributed by atoms with Gasteiger partial charge in [0.15, 0.2) is 5.60 Å². The quantitative estimate of drug-likeness (QED) is 0.713. The van der Waals surface area contributed by atoms with E-state index in [1.165, 1.54) is 11.5 Å². The maximum Gasteiger partial charge on any atom is 0.154 e. The van der Waals surface area contributed by atoms with Crippen LogP contribution in [0.15, 0.2) is 11.4 Å². The Morgan fingerprint density at radius 2 is 2.08 bits per heavy atom. The Morgan fingerprint density at radius 3 is 2.62 bits per heavy atom. The predicted octanol–water partition coefficient (Wildman–Crippen LogP) is 0.377. The number of aliphatic hydroxyl groups is 1. The molecular weight excluding hydrogens is 190 g/mol. The summed E-state index contributed by atoms with van der Waals surface area (Å²) in [6.07, 6.45) is 0. The summed E-state index contributed by atoms with van der Waals surface area (Å²) in [5, 5.41) is 11.9. The molecular formula is C8H11NO3S. The van der Waals surface area contributed by atoms with Gasteiger partial charge in [0.05, 0.1) is 32.1 Å². The normalized spacial score (nSPS) is 22.5. The summed E-state index contributed by atoms with van der Waals surface area (Å²) in [5.74, 6) is 0. The van der Waals surface area contributed by atoms with Gasteiger partial charge in [-0.15, -0.1) is 0 Å². The van der Waals surface area contributed by atoms with E-state index >= 15 is 0 Å². The van der Waals surface area contributed by atoms with E-state index in [1.807, 2.05) is 5.38 Å². The van der Waals surface area contributed by atoms with Crippen LogP contribution in [0.5, 0.6) is 0 Å².